The lowest BCUT2D eigenvalue weighted by molar-refractivity contribution is 0.102. The molecule has 1 aromatic carbocycles. The molecule has 0 heterocycles. The molecule has 0 spiro atoms. The maximum atomic E-state index is 11.8. The predicted octanol–water partition coefficient (Wildman–Crippen LogP) is 2.08. The van der Waals surface area contributed by atoms with Crippen molar-refractivity contribution in [2.45, 2.75) is 19.3 Å². The van der Waals surface area contributed by atoms with Crippen molar-refractivity contribution >= 4 is 17.5 Å². The minimum Gasteiger partial charge on any atom is -0.396 e. The normalized spacial score (nSPS) is 13.8. The Morgan fingerprint density at radius 2 is 2.12 bits per heavy atom. The SMILES string of the molecule is O=C(CSCCO)c1ccc2c(c1)CCC2. The largest absolute Gasteiger partial charge is 0.396 e. The van der Waals surface area contributed by atoms with Crippen LogP contribution in [-0.2, 0) is 12.8 Å². The molecule has 2 nitrogen and oxygen atoms in total. The minimum absolute atomic E-state index is 0.141. The van der Waals surface area contributed by atoms with Gasteiger partial charge in [-0.3, -0.25) is 4.79 Å². The van der Waals surface area contributed by atoms with E-state index in [0.717, 1.165) is 18.4 Å². The summed E-state index contributed by atoms with van der Waals surface area (Å²) in [6.07, 6.45) is 3.48. The number of thioether (sulfide) groups is 1. The third-order valence-electron chi connectivity index (χ3n) is 2.89. The zero-order chi connectivity index (χ0) is 11.4. The maximum absolute atomic E-state index is 11.8. The Morgan fingerprint density at radius 1 is 1.31 bits per heavy atom. The van der Waals surface area contributed by atoms with Crippen LogP contribution in [0.4, 0.5) is 0 Å². The van der Waals surface area contributed by atoms with Crippen LogP contribution in [0, 0.1) is 0 Å². The zero-order valence-electron chi connectivity index (χ0n) is 9.24. The average molecular weight is 236 g/mol. The Morgan fingerprint density at radius 3 is 2.94 bits per heavy atom. The summed E-state index contributed by atoms with van der Waals surface area (Å²) in [5.41, 5.74) is 3.57. The average Bonchev–Trinajstić information content (AvgIpc) is 2.76. The second-order valence-electron chi connectivity index (χ2n) is 4.04. The van der Waals surface area contributed by atoms with Gasteiger partial charge in [-0.15, -0.1) is 0 Å². The lowest BCUT2D eigenvalue weighted by atomic mass is 10.0. The van der Waals surface area contributed by atoms with Crippen molar-refractivity contribution in [1.29, 1.82) is 0 Å². The number of aliphatic hydroxyl groups is 1. The smallest absolute Gasteiger partial charge is 0.172 e. The third kappa shape index (κ3) is 2.66. The predicted molar refractivity (Wildman–Crippen MR) is 67.2 cm³/mol. The number of rotatable bonds is 5. The van der Waals surface area contributed by atoms with E-state index in [2.05, 4.69) is 6.07 Å². The van der Waals surface area contributed by atoms with Crippen molar-refractivity contribution in [3.8, 4) is 0 Å². The van der Waals surface area contributed by atoms with Gasteiger partial charge < -0.3 is 5.11 Å². The molecule has 0 aliphatic heterocycles. The van der Waals surface area contributed by atoms with E-state index in [1.54, 1.807) is 0 Å². The lowest BCUT2D eigenvalue weighted by Crippen LogP contribution is -2.04. The molecule has 0 saturated heterocycles. The summed E-state index contributed by atoms with van der Waals surface area (Å²) in [4.78, 5) is 11.8. The highest BCUT2D eigenvalue weighted by Crippen LogP contribution is 2.23. The van der Waals surface area contributed by atoms with Gasteiger partial charge in [0.2, 0.25) is 0 Å². The molecular weight excluding hydrogens is 220 g/mol. The summed E-state index contributed by atoms with van der Waals surface area (Å²) < 4.78 is 0. The van der Waals surface area contributed by atoms with E-state index in [-0.39, 0.29) is 12.4 Å². The van der Waals surface area contributed by atoms with Gasteiger partial charge in [-0.05, 0) is 36.5 Å². The lowest BCUT2D eigenvalue weighted by Gasteiger charge is -2.04. The van der Waals surface area contributed by atoms with Crippen molar-refractivity contribution in [2.24, 2.45) is 0 Å². The molecule has 0 saturated carbocycles. The summed E-state index contributed by atoms with van der Waals surface area (Å²) in [6.45, 7) is 0.141. The van der Waals surface area contributed by atoms with Crippen molar-refractivity contribution < 1.29 is 9.90 Å². The molecule has 0 fully saturated rings. The number of Topliss-reactive ketones (excluding diaryl/α,β-unsaturated/α-hetero) is 1. The number of carbonyl (C=O) groups is 1. The van der Waals surface area contributed by atoms with Crippen LogP contribution in [0.3, 0.4) is 0 Å². The van der Waals surface area contributed by atoms with Crippen LogP contribution >= 0.6 is 11.8 Å². The number of benzene rings is 1. The number of ketones is 1. The van der Waals surface area contributed by atoms with E-state index >= 15 is 0 Å². The Balaban J connectivity index is 2.01. The van der Waals surface area contributed by atoms with Gasteiger partial charge in [0.25, 0.3) is 0 Å². The molecule has 86 valence electrons. The molecule has 0 atom stereocenters. The summed E-state index contributed by atoms with van der Waals surface area (Å²) in [7, 11) is 0. The molecule has 0 bridgehead atoms. The molecule has 0 aromatic heterocycles. The highest BCUT2D eigenvalue weighted by molar-refractivity contribution is 8.00. The van der Waals surface area contributed by atoms with E-state index in [1.807, 2.05) is 12.1 Å². The van der Waals surface area contributed by atoms with Gasteiger partial charge in [0.1, 0.15) is 0 Å². The van der Waals surface area contributed by atoms with Crippen LogP contribution in [0.1, 0.15) is 27.9 Å². The van der Waals surface area contributed by atoms with E-state index in [1.165, 1.54) is 29.3 Å². The standard InChI is InChI=1S/C13H16O2S/c14-6-7-16-9-13(15)12-5-4-10-2-1-3-11(10)8-12/h4-5,8,14H,1-3,6-7,9H2. The highest BCUT2D eigenvalue weighted by atomic mass is 32.2. The van der Waals surface area contributed by atoms with Crippen LogP contribution in [-0.4, -0.2) is 29.0 Å². The summed E-state index contributed by atoms with van der Waals surface area (Å²) in [5.74, 6) is 1.28. The summed E-state index contributed by atoms with van der Waals surface area (Å²) in [5, 5.41) is 8.64. The van der Waals surface area contributed by atoms with Crippen molar-refractivity contribution in [3.05, 3.63) is 34.9 Å². The van der Waals surface area contributed by atoms with Crippen molar-refractivity contribution in [2.75, 3.05) is 18.1 Å². The first-order valence-electron chi connectivity index (χ1n) is 5.65. The van der Waals surface area contributed by atoms with Gasteiger partial charge in [-0.2, -0.15) is 11.8 Å². The van der Waals surface area contributed by atoms with Crippen LogP contribution in [0.2, 0.25) is 0 Å². The van der Waals surface area contributed by atoms with Crippen LogP contribution < -0.4 is 0 Å². The van der Waals surface area contributed by atoms with Crippen molar-refractivity contribution in [3.63, 3.8) is 0 Å². The molecule has 2 rings (SSSR count). The molecule has 3 heteroatoms. The molecule has 0 amide bonds. The van der Waals surface area contributed by atoms with Gasteiger partial charge in [-0.25, -0.2) is 0 Å². The van der Waals surface area contributed by atoms with Gasteiger partial charge in [0.15, 0.2) is 5.78 Å². The Labute approximate surface area is 100 Å². The first-order valence-corrected chi connectivity index (χ1v) is 6.80. The van der Waals surface area contributed by atoms with E-state index in [0.29, 0.717) is 11.5 Å². The number of hydrogen-bond donors (Lipinski definition) is 1. The van der Waals surface area contributed by atoms with Crippen molar-refractivity contribution in [1.82, 2.24) is 0 Å². The fourth-order valence-electron chi connectivity index (χ4n) is 2.06. The maximum Gasteiger partial charge on any atom is 0.172 e. The molecule has 1 aliphatic carbocycles. The second kappa shape index (κ2) is 5.51. The minimum atomic E-state index is 0.141. The molecule has 0 radical (unpaired) electrons. The van der Waals surface area contributed by atoms with Crippen LogP contribution in [0.25, 0.3) is 0 Å². The molecule has 16 heavy (non-hydrogen) atoms. The van der Waals surface area contributed by atoms with Gasteiger partial charge >= 0.3 is 0 Å². The fourth-order valence-corrected chi connectivity index (χ4v) is 2.68. The molecule has 1 aromatic rings. The van der Waals surface area contributed by atoms with Crippen LogP contribution in [0.5, 0.6) is 0 Å². The van der Waals surface area contributed by atoms with Gasteiger partial charge in [0.05, 0.1) is 12.4 Å². The fraction of sp³-hybridized carbons (Fsp3) is 0.462. The summed E-state index contributed by atoms with van der Waals surface area (Å²) in [6, 6.07) is 6.07. The van der Waals surface area contributed by atoms with Gasteiger partial charge in [0, 0.05) is 11.3 Å². The van der Waals surface area contributed by atoms with Gasteiger partial charge in [-0.1, -0.05) is 12.1 Å². The molecule has 0 unspecified atom stereocenters. The number of aliphatic hydroxyl groups excluding tert-OH is 1. The van der Waals surface area contributed by atoms with Crippen LogP contribution in [0.15, 0.2) is 18.2 Å². The summed E-state index contributed by atoms with van der Waals surface area (Å²) >= 11 is 1.49. The number of aryl methyl sites for hydroxylation is 2. The first-order chi connectivity index (χ1) is 7.81. The molecule has 1 aliphatic rings. The second-order valence-corrected chi connectivity index (χ2v) is 5.14. The highest BCUT2D eigenvalue weighted by Gasteiger charge is 2.13. The number of fused-ring (bicyclic) bond motifs is 1. The quantitative estimate of drug-likeness (QED) is 0.628. The zero-order valence-corrected chi connectivity index (χ0v) is 10.1. The Kier molecular flexibility index (Phi) is 4.02. The molecular formula is C13H16O2S. The Bertz CT molecular complexity index is 388. The van der Waals surface area contributed by atoms with E-state index < -0.39 is 0 Å². The Hall–Kier alpha value is -0.800. The van der Waals surface area contributed by atoms with E-state index in [4.69, 9.17) is 5.11 Å². The first kappa shape index (κ1) is 11.7. The third-order valence-corrected chi connectivity index (χ3v) is 3.83. The monoisotopic (exact) mass is 236 g/mol. The number of carbonyl (C=O) groups excluding carboxylic acids is 1. The van der Waals surface area contributed by atoms with E-state index in [9.17, 15) is 4.79 Å². The molecule has 1 N–H and O–H groups in total. The number of hydrogen-bond acceptors (Lipinski definition) is 3. The topological polar surface area (TPSA) is 37.3 Å².